The Bertz CT molecular complexity index is 836. The van der Waals surface area contributed by atoms with E-state index in [2.05, 4.69) is 46.4 Å². The predicted octanol–water partition coefficient (Wildman–Crippen LogP) is 5.19. The monoisotopic (exact) mass is 338 g/mol. The van der Waals surface area contributed by atoms with Crippen molar-refractivity contribution < 1.29 is 1.43 Å². The summed E-state index contributed by atoms with van der Waals surface area (Å²) in [4.78, 5) is 6.14. The molecular formula is C21H26N2S. The van der Waals surface area contributed by atoms with Crippen LogP contribution in [0.4, 0.5) is 0 Å². The molecule has 1 aromatic heterocycles. The Labute approximate surface area is 149 Å². The second kappa shape index (κ2) is 6.12. The van der Waals surface area contributed by atoms with Crippen molar-refractivity contribution in [1.82, 2.24) is 9.88 Å². The molecule has 1 atom stereocenters. The van der Waals surface area contributed by atoms with Gasteiger partial charge in [0.25, 0.3) is 0 Å². The van der Waals surface area contributed by atoms with Crippen LogP contribution in [-0.2, 0) is 0 Å². The normalized spacial score (nSPS) is 24.8. The Morgan fingerprint density at radius 1 is 1.21 bits per heavy atom. The molecule has 0 aliphatic carbocycles. The van der Waals surface area contributed by atoms with Gasteiger partial charge in [0.15, 0.2) is 0 Å². The van der Waals surface area contributed by atoms with Crippen LogP contribution in [0.15, 0.2) is 36.5 Å². The van der Waals surface area contributed by atoms with Gasteiger partial charge in [-0.05, 0) is 66.8 Å². The Kier molecular flexibility index (Phi) is 3.79. The number of rotatable bonds is 2. The molecule has 0 spiro atoms. The highest BCUT2D eigenvalue weighted by molar-refractivity contribution is 7.99. The first-order valence-electron chi connectivity index (χ1n) is 9.20. The third-order valence-corrected chi connectivity index (χ3v) is 6.78. The third-order valence-electron chi connectivity index (χ3n) is 5.89. The van der Waals surface area contributed by atoms with Gasteiger partial charge in [-0.2, -0.15) is 11.8 Å². The van der Waals surface area contributed by atoms with Crippen molar-refractivity contribution in [3.63, 3.8) is 0 Å². The number of aromatic amines is 1. The number of allylic oxidation sites excluding steroid dienone is 1. The topological polar surface area (TPSA) is 19.0 Å². The van der Waals surface area contributed by atoms with Crippen molar-refractivity contribution in [2.45, 2.75) is 31.7 Å². The lowest BCUT2D eigenvalue weighted by Crippen LogP contribution is -2.32. The minimum Gasteiger partial charge on any atom is -0.361 e. The summed E-state index contributed by atoms with van der Waals surface area (Å²) in [6.45, 7) is 2.42. The third kappa shape index (κ3) is 2.55. The van der Waals surface area contributed by atoms with Crippen LogP contribution in [0.3, 0.4) is 0 Å². The number of nitrogens with one attached hydrogen (secondary N) is 1. The second-order valence-corrected chi connectivity index (χ2v) is 8.39. The van der Waals surface area contributed by atoms with Crippen molar-refractivity contribution in [1.29, 1.82) is 0 Å². The van der Waals surface area contributed by atoms with Gasteiger partial charge >= 0.3 is 0 Å². The maximum absolute atomic E-state index is 3.50. The highest BCUT2D eigenvalue weighted by Crippen LogP contribution is 2.36. The first-order valence-corrected chi connectivity index (χ1v) is 10.4. The average Bonchev–Trinajstić information content (AvgIpc) is 3.27. The second-order valence-electron chi connectivity index (χ2n) is 7.24. The molecule has 1 saturated heterocycles. The molecule has 1 N–H and O–H groups in total. The van der Waals surface area contributed by atoms with E-state index in [-0.39, 0.29) is 1.43 Å². The van der Waals surface area contributed by atoms with Gasteiger partial charge in [0.2, 0.25) is 0 Å². The largest absolute Gasteiger partial charge is 0.361 e. The summed E-state index contributed by atoms with van der Waals surface area (Å²) in [6, 6.07) is 7.75. The zero-order valence-electron chi connectivity index (χ0n) is 14.1. The van der Waals surface area contributed by atoms with E-state index in [9.17, 15) is 0 Å². The predicted molar refractivity (Wildman–Crippen MR) is 108 cm³/mol. The van der Waals surface area contributed by atoms with Crippen molar-refractivity contribution in [3.05, 3.63) is 47.7 Å². The van der Waals surface area contributed by atoms with Crippen LogP contribution in [0, 0.1) is 0 Å². The van der Waals surface area contributed by atoms with Crippen LogP contribution >= 0.6 is 11.8 Å². The maximum Gasteiger partial charge on any atom is 0.0460 e. The Hall–Kier alpha value is -1.45. The highest BCUT2D eigenvalue weighted by Gasteiger charge is 2.28. The van der Waals surface area contributed by atoms with E-state index in [1.165, 1.54) is 65.6 Å². The molecule has 3 heteroatoms. The molecule has 0 saturated carbocycles. The number of H-pyrrole nitrogens is 1. The minimum absolute atomic E-state index is 0. The lowest BCUT2D eigenvalue weighted by atomic mass is 9.92. The molecule has 2 aromatic rings. The molecule has 2 nitrogen and oxygen atoms in total. The van der Waals surface area contributed by atoms with Crippen molar-refractivity contribution in [3.8, 4) is 0 Å². The standard InChI is InChI=1S/C21H24N2S.H2/c1-2-18-12-17(5-9-23(18)8-1)20-14-22-21-4-3-16(13-19(20)21)15-6-10-24-11-7-15;/h3-6,13-14,18,22H,1-2,7-12H2;1H. The molecule has 1 fully saturated rings. The summed E-state index contributed by atoms with van der Waals surface area (Å²) in [7, 11) is 0. The van der Waals surface area contributed by atoms with E-state index < -0.39 is 0 Å². The molecule has 3 aliphatic heterocycles. The number of fused-ring (bicyclic) bond motifs is 2. The molecule has 0 bridgehead atoms. The summed E-state index contributed by atoms with van der Waals surface area (Å²) in [5, 5.41) is 1.41. The Morgan fingerprint density at radius 2 is 2.21 bits per heavy atom. The lowest BCUT2D eigenvalue weighted by Gasteiger charge is -2.29. The first kappa shape index (κ1) is 14.9. The molecule has 5 rings (SSSR count). The SMILES string of the molecule is C1=C(c2ccc3[nH]cc(C4=CCN5CCCC5C4)c3c2)CCSC1.[HH]. The van der Waals surface area contributed by atoms with Crippen LogP contribution in [0.2, 0.25) is 0 Å². The average molecular weight is 339 g/mol. The summed E-state index contributed by atoms with van der Waals surface area (Å²) >= 11 is 2.04. The minimum atomic E-state index is 0. The van der Waals surface area contributed by atoms with Crippen LogP contribution in [0.25, 0.3) is 22.0 Å². The van der Waals surface area contributed by atoms with Gasteiger partial charge in [0.1, 0.15) is 0 Å². The molecule has 1 unspecified atom stereocenters. The summed E-state index contributed by atoms with van der Waals surface area (Å²) in [5.41, 5.74) is 7.21. The highest BCUT2D eigenvalue weighted by atomic mass is 32.2. The van der Waals surface area contributed by atoms with E-state index in [1.807, 2.05) is 11.8 Å². The number of thioether (sulfide) groups is 1. The van der Waals surface area contributed by atoms with Gasteiger partial charge in [-0.15, -0.1) is 0 Å². The number of hydrogen-bond acceptors (Lipinski definition) is 2. The van der Waals surface area contributed by atoms with Crippen LogP contribution in [0.1, 0.15) is 38.2 Å². The van der Waals surface area contributed by atoms with Crippen molar-refractivity contribution >= 4 is 33.8 Å². The smallest absolute Gasteiger partial charge is 0.0460 e. The number of nitrogens with zero attached hydrogens (tertiary/aromatic N) is 1. The zero-order valence-corrected chi connectivity index (χ0v) is 14.9. The van der Waals surface area contributed by atoms with Gasteiger partial charge in [-0.25, -0.2) is 0 Å². The number of aromatic nitrogens is 1. The quantitative estimate of drug-likeness (QED) is 0.813. The molecule has 0 radical (unpaired) electrons. The molecule has 126 valence electrons. The lowest BCUT2D eigenvalue weighted by molar-refractivity contribution is 0.275. The summed E-state index contributed by atoms with van der Waals surface area (Å²) in [6.07, 6.45) is 12.3. The summed E-state index contributed by atoms with van der Waals surface area (Å²) in [5.74, 6) is 2.42. The van der Waals surface area contributed by atoms with E-state index in [0.29, 0.717) is 0 Å². The fraction of sp³-hybridized carbons (Fsp3) is 0.429. The van der Waals surface area contributed by atoms with Gasteiger partial charge in [0.05, 0.1) is 0 Å². The Morgan fingerprint density at radius 3 is 3.12 bits per heavy atom. The van der Waals surface area contributed by atoms with E-state index >= 15 is 0 Å². The molecule has 0 amide bonds. The number of benzene rings is 1. The van der Waals surface area contributed by atoms with Gasteiger partial charge in [-0.1, -0.05) is 18.2 Å². The van der Waals surface area contributed by atoms with E-state index in [1.54, 1.807) is 5.57 Å². The maximum atomic E-state index is 3.50. The van der Waals surface area contributed by atoms with E-state index in [0.717, 1.165) is 18.3 Å². The molecular weight excluding hydrogens is 312 g/mol. The van der Waals surface area contributed by atoms with Gasteiger partial charge in [0, 0.05) is 42.4 Å². The van der Waals surface area contributed by atoms with Crippen LogP contribution < -0.4 is 0 Å². The first-order chi connectivity index (χ1) is 11.9. The molecule has 24 heavy (non-hydrogen) atoms. The zero-order chi connectivity index (χ0) is 15.9. The van der Waals surface area contributed by atoms with Gasteiger partial charge < -0.3 is 4.98 Å². The van der Waals surface area contributed by atoms with Crippen LogP contribution in [0.5, 0.6) is 0 Å². The van der Waals surface area contributed by atoms with Gasteiger partial charge in [-0.3, -0.25) is 4.90 Å². The number of hydrogen-bond donors (Lipinski definition) is 1. The van der Waals surface area contributed by atoms with Crippen LogP contribution in [-0.4, -0.2) is 40.5 Å². The fourth-order valence-electron chi connectivity index (χ4n) is 4.53. The van der Waals surface area contributed by atoms with E-state index in [4.69, 9.17) is 0 Å². The molecule has 3 aliphatic rings. The molecule has 4 heterocycles. The molecule has 1 aromatic carbocycles. The van der Waals surface area contributed by atoms with Crippen molar-refractivity contribution in [2.24, 2.45) is 0 Å². The Balaban J connectivity index is 0.00000157. The fourth-order valence-corrected chi connectivity index (χ4v) is 5.38. The summed E-state index contributed by atoms with van der Waals surface area (Å²) < 4.78 is 0. The van der Waals surface area contributed by atoms with Crippen molar-refractivity contribution in [2.75, 3.05) is 24.6 Å².